The fourth-order valence-electron chi connectivity index (χ4n) is 3.37. The normalized spacial score (nSPS) is 17.7. The number of halogens is 1. The number of carbonyl (C=O) groups excluding carboxylic acids is 1. The number of nitrogens with zero attached hydrogens (tertiary/aromatic N) is 1. The van der Waals surface area contributed by atoms with Gasteiger partial charge in [-0.2, -0.15) is 4.31 Å². The molecule has 1 aliphatic rings. The van der Waals surface area contributed by atoms with Crippen LogP contribution in [0.3, 0.4) is 0 Å². The van der Waals surface area contributed by atoms with Gasteiger partial charge in [0.2, 0.25) is 10.0 Å². The van der Waals surface area contributed by atoms with Gasteiger partial charge >= 0.3 is 5.97 Å². The molecule has 0 amide bonds. The molecular formula is C21H24FNO5S. The SMILES string of the molecule is COc1ccc(C(=O)OCc2ccc(F)cc2)cc1S(=O)(=O)N1CCCC[C@@H]1C. The van der Waals surface area contributed by atoms with Crippen LogP contribution in [0.4, 0.5) is 4.39 Å². The Morgan fingerprint density at radius 3 is 2.55 bits per heavy atom. The Bertz CT molecular complexity index is 975. The van der Waals surface area contributed by atoms with E-state index in [1.807, 2.05) is 6.92 Å². The largest absolute Gasteiger partial charge is 0.495 e. The summed E-state index contributed by atoms with van der Waals surface area (Å²) in [6.45, 7) is 2.27. The molecule has 3 rings (SSSR count). The minimum absolute atomic E-state index is 0.0453. The molecule has 0 aromatic heterocycles. The van der Waals surface area contributed by atoms with E-state index >= 15 is 0 Å². The molecular weight excluding hydrogens is 397 g/mol. The van der Waals surface area contributed by atoms with Gasteiger partial charge in [-0.25, -0.2) is 17.6 Å². The number of hydrogen-bond donors (Lipinski definition) is 0. The molecule has 0 aliphatic carbocycles. The van der Waals surface area contributed by atoms with Crippen LogP contribution in [0.25, 0.3) is 0 Å². The monoisotopic (exact) mass is 421 g/mol. The van der Waals surface area contributed by atoms with Gasteiger partial charge in [0, 0.05) is 12.6 Å². The summed E-state index contributed by atoms with van der Waals surface area (Å²) in [5.74, 6) is -0.866. The maximum absolute atomic E-state index is 13.2. The Balaban J connectivity index is 1.84. The number of carbonyl (C=O) groups is 1. The fraction of sp³-hybridized carbons (Fsp3) is 0.381. The Hall–Kier alpha value is -2.45. The number of esters is 1. The third kappa shape index (κ3) is 4.76. The lowest BCUT2D eigenvalue weighted by Gasteiger charge is -2.32. The van der Waals surface area contributed by atoms with E-state index in [4.69, 9.17) is 9.47 Å². The van der Waals surface area contributed by atoms with Gasteiger partial charge in [-0.1, -0.05) is 18.6 Å². The molecule has 1 saturated heterocycles. The number of piperidine rings is 1. The van der Waals surface area contributed by atoms with Crippen molar-refractivity contribution in [3.05, 3.63) is 59.4 Å². The first-order chi connectivity index (χ1) is 13.8. The lowest BCUT2D eigenvalue weighted by Crippen LogP contribution is -2.42. The third-order valence-electron chi connectivity index (χ3n) is 5.01. The van der Waals surface area contributed by atoms with E-state index in [1.54, 1.807) is 0 Å². The molecule has 1 aliphatic heterocycles. The number of methoxy groups -OCH3 is 1. The van der Waals surface area contributed by atoms with Crippen molar-refractivity contribution in [1.29, 1.82) is 0 Å². The zero-order valence-corrected chi connectivity index (χ0v) is 17.2. The van der Waals surface area contributed by atoms with Gasteiger partial charge < -0.3 is 9.47 Å². The molecule has 0 bridgehead atoms. The van der Waals surface area contributed by atoms with Crippen molar-refractivity contribution in [3.63, 3.8) is 0 Å². The van der Waals surface area contributed by atoms with Crippen molar-refractivity contribution in [2.24, 2.45) is 0 Å². The predicted molar refractivity (Wildman–Crippen MR) is 106 cm³/mol. The molecule has 29 heavy (non-hydrogen) atoms. The van der Waals surface area contributed by atoms with Crippen LogP contribution >= 0.6 is 0 Å². The maximum atomic E-state index is 13.2. The first-order valence-corrected chi connectivity index (χ1v) is 10.9. The van der Waals surface area contributed by atoms with E-state index < -0.39 is 16.0 Å². The fourth-order valence-corrected chi connectivity index (χ4v) is 5.26. The third-order valence-corrected chi connectivity index (χ3v) is 7.05. The first kappa shape index (κ1) is 21.3. The summed E-state index contributed by atoms with van der Waals surface area (Å²) in [5.41, 5.74) is 0.736. The van der Waals surface area contributed by atoms with E-state index in [2.05, 4.69) is 0 Å². The van der Waals surface area contributed by atoms with Crippen molar-refractivity contribution >= 4 is 16.0 Å². The van der Waals surface area contributed by atoms with Crippen molar-refractivity contribution in [3.8, 4) is 5.75 Å². The summed E-state index contributed by atoms with van der Waals surface area (Å²) in [7, 11) is -2.43. The lowest BCUT2D eigenvalue weighted by atomic mass is 10.1. The van der Waals surface area contributed by atoms with E-state index in [0.29, 0.717) is 12.1 Å². The van der Waals surface area contributed by atoms with E-state index in [1.165, 1.54) is 53.9 Å². The molecule has 1 fully saturated rings. The van der Waals surface area contributed by atoms with E-state index in [9.17, 15) is 17.6 Å². The minimum atomic E-state index is -3.82. The molecule has 0 saturated carbocycles. The smallest absolute Gasteiger partial charge is 0.338 e. The Morgan fingerprint density at radius 2 is 1.90 bits per heavy atom. The topological polar surface area (TPSA) is 72.9 Å². The summed E-state index contributed by atoms with van der Waals surface area (Å²) in [6.07, 6.45) is 2.58. The number of sulfonamides is 1. The predicted octanol–water partition coefficient (Wildman–Crippen LogP) is 3.75. The number of ether oxygens (including phenoxy) is 2. The second-order valence-corrected chi connectivity index (χ2v) is 8.89. The summed E-state index contributed by atoms with van der Waals surface area (Å²) in [4.78, 5) is 12.4. The number of benzene rings is 2. The highest BCUT2D eigenvalue weighted by atomic mass is 32.2. The molecule has 0 radical (unpaired) electrons. The summed E-state index contributed by atoms with van der Waals surface area (Å²) >= 11 is 0. The quantitative estimate of drug-likeness (QED) is 0.664. The standard InChI is InChI=1S/C21H24FNO5S/c1-15-5-3-4-12-23(15)29(25,26)20-13-17(8-11-19(20)27-2)21(24)28-14-16-6-9-18(22)10-7-16/h6-11,13,15H,3-5,12,14H2,1-2H3/t15-/m0/s1. The van der Waals surface area contributed by atoms with Gasteiger partial charge in [0.1, 0.15) is 23.1 Å². The first-order valence-electron chi connectivity index (χ1n) is 9.44. The number of rotatable bonds is 6. The molecule has 6 nitrogen and oxygen atoms in total. The average molecular weight is 421 g/mol. The van der Waals surface area contributed by atoms with Gasteiger partial charge in [-0.15, -0.1) is 0 Å². The zero-order chi connectivity index (χ0) is 21.0. The van der Waals surface area contributed by atoms with Gasteiger partial charge in [0.25, 0.3) is 0 Å². The Morgan fingerprint density at radius 1 is 1.17 bits per heavy atom. The Kier molecular flexibility index (Phi) is 6.54. The summed E-state index contributed by atoms with van der Waals surface area (Å²) in [6, 6.07) is 9.69. The van der Waals surface area contributed by atoms with E-state index in [0.717, 1.165) is 19.3 Å². The van der Waals surface area contributed by atoms with Crippen LogP contribution < -0.4 is 4.74 Å². The molecule has 2 aromatic rings. The molecule has 0 N–H and O–H groups in total. The molecule has 0 unspecified atom stereocenters. The van der Waals surface area contributed by atoms with Gasteiger partial charge in [-0.05, 0) is 55.7 Å². The molecule has 156 valence electrons. The van der Waals surface area contributed by atoms with Gasteiger partial charge in [0.05, 0.1) is 12.7 Å². The van der Waals surface area contributed by atoms with E-state index in [-0.39, 0.29) is 34.7 Å². The van der Waals surface area contributed by atoms with Gasteiger partial charge in [0.15, 0.2) is 0 Å². The molecule has 8 heteroatoms. The maximum Gasteiger partial charge on any atom is 0.338 e. The minimum Gasteiger partial charge on any atom is -0.495 e. The molecule has 1 atom stereocenters. The molecule has 2 aromatic carbocycles. The highest BCUT2D eigenvalue weighted by molar-refractivity contribution is 7.89. The van der Waals surface area contributed by atoms with Crippen LogP contribution in [-0.2, 0) is 21.4 Å². The van der Waals surface area contributed by atoms with Crippen LogP contribution in [0.5, 0.6) is 5.75 Å². The summed E-state index contributed by atoms with van der Waals surface area (Å²) in [5, 5.41) is 0. The zero-order valence-electron chi connectivity index (χ0n) is 16.4. The van der Waals surface area contributed by atoms with Crippen LogP contribution in [-0.4, -0.2) is 38.4 Å². The summed E-state index contributed by atoms with van der Waals surface area (Å²) < 4.78 is 51.4. The highest BCUT2D eigenvalue weighted by Crippen LogP contribution is 2.31. The average Bonchev–Trinajstić information content (AvgIpc) is 2.72. The molecule has 1 heterocycles. The second-order valence-electron chi connectivity index (χ2n) is 7.03. The number of hydrogen-bond acceptors (Lipinski definition) is 5. The highest BCUT2D eigenvalue weighted by Gasteiger charge is 2.33. The lowest BCUT2D eigenvalue weighted by molar-refractivity contribution is 0.0472. The Labute approximate surface area is 170 Å². The van der Waals surface area contributed by atoms with Crippen molar-refractivity contribution in [1.82, 2.24) is 4.31 Å². The second kappa shape index (κ2) is 8.92. The van der Waals surface area contributed by atoms with Crippen molar-refractivity contribution in [2.45, 2.75) is 43.7 Å². The molecule has 0 spiro atoms. The van der Waals surface area contributed by atoms with Crippen LogP contribution in [0.1, 0.15) is 42.1 Å². The van der Waals surface area contributed by atoms with Crippen LogP contribution in [0.2, 0.25) is 0 Å². The van der Waals surface area contributed by atoms with Crippen LogP contribution in [0, 0.1) is 5.82 Å². The van der Waals surface area contributed by atoms with Crippen molar-refractivity contribution < 1.29 is 27.1 Å². The van der Waals surface area contributed by atoms with Crippen LogP contribution in [0.15, 0.2) is 47.4 Å². The van der Waals surface area contributed by atoms with Crippen molar-refractivity contribution in [2.75, 3.05) is 13.7 Å². The van der Waals surface area contributed by atoms with Gasteiger partial charge in [-0.3, -0.25) is 0 Å².